The number of urea groups is 1. The molecule has 3 N–H and O–H groups in total. The number of nitrogens with one attached hydrogen (secondary N) is 3. The average molecular weight is 275 g/mol. The zero-order chi connectivity index (χ0) is 14.4. The van der Waals surface area contributed by atoms with Crippen molar-refractivity contribution in [1.82, 2.24) is 20.4 Å². The summed E-state index contributed by atoms with van der Waals surface area (Å²) in [6, 6.07) is 5.47. The van der Waals surface area contributed by atoms with Crippen molar-refractivity contribution in [2.45, 2.75) is 13.8 Å². The molecule has 0 unspecified atom stereocenters. The van der Waals surface area contributed by atoms with Gasteiger partial charge in [0.15, 0.2) is 0 Å². The van der Waals surface area contributed by atoms with Gasteiger partial charge in [-0.25, -0.2) is 4.79 Å². The first-order valence-corrected chi connectivity index (χ1v) is 6.93. The van der Waals surface area contributed by atoms with Crippen LogP contribution < -0.4 is 10.6 Å². The Morgan fingerprint density at radius 3 is 2.90 bits per heavy atom. The lowest BCUT2D eigenvalue weighted by Crippen LogP contribution is -2.36. The first kappa shape index (κ1) is 14.3. The SMILES string of the molecule is CCN(CC)CCNC(=O)Nc1ccc2cn[nH]c2c1. The molecule has 1 aromatic heterocycles. The molecule has 0 saturated carbocycles. The highest BCUT2D eigenvalue weighted by molar-refractivity contribution is 5.92. The first-order chi connectivity index (χ1) is 9.72. The lowest BCUT2D eigenvalue weighted by Gasteiger charge is -2.18. The Morgan fingerprint density at radius 2 is 2.15 bits per heavy atom. The molecule has 0 spiro atoms. The number of rotatable bonds is 6. The van der Waals surface area contributed by atoms with Crippen LogP contribution in [-0.2, 0) is 0 Å². The van der Waals surface area contributed by atoms with Gasteiger partial charge in [-0.3, -0.25) is 5.10 Å². The number of hydrogen-bond acceptors (Lipinski definition) is 3. The second-order valence-electron chi connectivity index (χ2n) is 4.58. The molecule has 0 aliphatic rings. The van der Waals surface area contributed by atoms with Crippen molar-refractivity contribution in [3.05, 3.63) is 24.4 Å². The maximum atomic E-state index is 11.8. The van der Waals surface area contributed by atoms with Gasteiger partial charge in [-0.15, -0.1) is 0 Å². The highest BCUT2D eigenvalue weighted by Gasteiger charge is 2.04. The second-order valence-corrected chi connectivity index (χ2v) is 4.58. The van der Waals surface area contributed by atoms with Crippen molar-refractivity contribution < 1.29 is 4.79 Å². The fourth-order valence-electron chi connectivity index (χ4n) is 2.06. The number of amides is 2. The molecule has 2 aromatic rings. The third-order valence-corrected chi connectivity index (χ3v) is 3.31. The van der Waals surface area contributed by atoms with Gasteiger partial charge in [0.05, 0.1) is 11.7 Å². The summed E-state index contributed by atoms with van der Waals surface area (Å²) < 4.78 is 0. The molecule has 20 heavy (non-hydrogen) atoms. The van der Waals surface area contributed by atoms with Crippen LogP contribution >= 0.6 is 0 Å². The number of nitrogens with zero attached hydrogens (tertiary/aromatic N) is 2. The average Bonchev–Trinajstić information content (AvgIpc) is 2.91. The third-order valence-electron chi connectivity index (χ3n) is 3.31. The standard InChI is InChI=1S/C14H21N5O/c1-3-19(4-2)8-7-15-14(20)17-12-6-5-11-10-16-18-13(11)9-12/h5-6,9-10H,3-4,7-8H2,1-2H3,(H,16,18)(H2,15,17,20). The number of carbonyl (C=O) groups excluding carboxylic acids is 1. The molecule has 2 amide bonds. The van der Waals surface area contributed by atoms with E-state index in [1.165, 1.54) is 0 Å². The Kier molecular flexibility index (Phi) is 4.95. The summed E-state index contributed by atoms with van der Waals surface area (Å²) >= 11 is 0. The molecule has 0 saturated heterocycles. The fraction of sp³-hybridized carbons (Fsp3) is 0.429. The quantitative estimate of drug-likeness (QED) is 0.755. The highest BCUT2D eigenvalue weighted by Crippen LogP contribution is 2.16. The third kappa shape index (κ3) is 3.71. The molecular weight excluding hydrogens is 254 g/mol. The van der Waals surface area contributed by atoms with Crippen molar-refractivity contribution in [2.75, 3.05) is 31.5 Å². The maximum absolute atomic E-state index is 11.8. The van der Waals surface area contributed by atoms with Gasteiger partial charge in [-0.1, -0.05) is 13.8 Å². The molecule has 0 radical (unpaired) electrons. The number of benzene rings is 1. The maximum Gasteiger partial charge on any atom is 0.319 e. The van der Waals surface area contributed by atoms with E-state index in [2.05, 4.69) is 39.6 Å². The lowest BCUT2D eigenvalue weighted by atomic mass is 10.2. The predicted molar refractivity (Wildman–Crippen MR) is 80.9 cm³/mol. The molecule has 0 aliphatic carbocycles. The van der Waals surface area contributed by atoms with Crippen LogP contribution in [0.3, 0.4) is 0 Å². The zero-order valence-electron chi connectivity index (χ0n) is 11.9. The van der Waals surface area contributed by atoms with Crippen molar-refractivity contribution in [2.24, 2.45) is 0 Å². The van der Waals surface area contributed by atoms with Crippen LogP contribution in [0.2, 0.25) is 0 Å². The molecule has 0 fully saturated rings. The van der Waals surface area contributed by atoms with Crippen LogP contribution in [-0.4, -0.2) is 47.3 Å². The summed E-state index contributed by atoms with van der Waals surface area (Å²) in [6.07, 6.45) is 1.75. The number of carbonyl (C=O) groups is 1. The summed E-state index contributed by atoms with van der Waals surface area (Å²) in [5.41, 5.74) is 1.66. The largest absolute Gasteiger partial charge is 0.337 e. The van der Waals surface area contributed by atoms with E-state index >= 15 is 0 Å². The molecule has 0 aliphatic heterocycles. The number of H-pyrrole nitrogens is 1. The smallest absolute Gasteiger partial charge is 0.319 e. The van der Waals surface area contributed by atoms with Gasteiger partial charge in [0.2, 0.25) is 0 Å². The normalized spacial score (nSPS) is 10.9. The summed E-state index contributed by atoms with van der Waals surface area (Å²) in [6.45, 7) is 7.72. The van der Waals surface area contributed by atoms with Gasteiger partial charge < -0.3 is 15.5 Å². The van der Waals surface area contributed by atoms with E-state index in [1.54, 1.807) is 6.20 Å². The van der Waals surface area contributed by atoms with E-state index in [4.69, 9.17) is 0 Å². The monoisotopic (exact) mass is 275 g/mol. The van der Waals surface area contributed by atoms with Gasteiger partial charge in [-0.2, -0.15) is 5.10 Å². The molecule has 6 nitrogen and oxygen atoms in total. The highest BCUT2D eigenvalue weighted by atomic mass is 16.2. The van der Waals surface area contributed by atoms with Crippen LogP contribution in [0.15, 0.2) is 24.4 Å². The molecular formula is C14H21N5O. The van der Waals surface area contributed by atoms with Gasteiger partial charge in [0, 0.05) is 24.2 Å². The summed E-state index contributed by atoms with van der Waals surface area (Å²) in [5.74, 6) is 0. The molecule has 108 valence electrons. The Balaban J connectivity index is 1.81. The minimum Gasteiger partial charge on any atom is -0.337 e. The fourth-order valence-corrected chi connectivity index (χ4v) is 2.06. The van der Waals surface area contributed by atoms with Crippen LogP contribution in [0.1, 0.15) is 13.8 Å². The Hall–Kier alpha value is -2.08. The van der Waals surface area contributed by atoms with E-state index < -0.39 is 0 Å². The summed E-state index contributed by atoms with van der Waals surface area (Å²) in [5, 5.41) is 13.5. The molecule has 6 heteroatoms. The van der Waals surface area contributed by atoms with Crippen molar-refractivity contribution in [1.29, 1.82) is 0 Å². The van der Waals surface area contributed by atoms with Crippen LogP contribution in [0.4, 0.5) is 10.5 Å². The van der Waals surface area contributed by atoms with Crippen LogP contribution in [0, 0.1) is 0 Å². The van der Waals surface area contributed by atoms with Crippen LogP contribution in [0.25, 0.3) is 10.9 Å². The Labute approximate surface area is 118 Å². The zero-order valence-corrected chi connectivity index (χ0v) is 11.9. The van der Waals surface area contributed by atoms with E-state index in [1.807, 2.05) is 18.2 Å². The molecule has 1 heterocycles. The summed E-state index contributed by atoms with van der Waals surface area (Å²) in [4.78, 5) is 14.0. The first-order valence-electron chi connectivity index (χ1n) is 6.93. The number of aromatic amines is 1. The lowest BCUT2D eigenvalue weighted by molar-refractivity contribution is 0.248. The van der Waals surface area contributed by atoms with E-state index in [-0.39, 0.29) is 6.03 Å². The van der Waals surface area contributed by atoms with Crippen molar-refractivity contribution in [3.63, 3.8) is 0 Å². The topological polar surface area (TPSA) is 73.1 Å². The minimum absolute atomic E-state index is 0.184. The Morgan fingerprint density at radius 1 is 1.35 bits per heavy atom. The molecule has 0 bridgehead atoms. The number of likely N-dealkylation sites (N-methyl/N-ethyl adjacent to an activating group) is 1. The van der Waals surface area contributed by atoms with Crippen molar-refractivity contribution in [3.8, 4) is 0 Å². The minimum atomic E-state index is -0.184. The van der Waals surface area contributed by atoms with Crippen LogP contribution in [0.5, 0.6) is 0 Å². The van der Waals surface area contributed by atoms with Crippen molar-refractivity contribution >= 4 is 22.6 Å². The number of fused-ring (bicyclic) bond motifs is 1. The van der Waals surface area contributed by atoms with E-state index in [9.17, 15) is 4.79 Å². The Bertz CT molecular complexity index is 561. The molecule has 1 aromatic carbocycles. The molecule has 0 atom stereocenters. The van der Waals surface area contributed by atoms with Gasteiger partial charge in [0.1, 0.15) is 0 Å². The van der Waals surface area contributed by atoms with Gasteiger partial charge in [-0.05, 0) is 31.3 Å². The molecule has 2 rings (SSSR count). The number of hydrogen-bond donors (Lipinski definition) is 3. The summed E-state index contributed by atoms with van der Waals surface area (Å²) in [7, 11) is 0. The second kappa shape index (κ2) is 6.91. The van der Waals surface area contributed by atoms with E-state index in [0.717, 1.165) is 36.2 Å². The van der Waals surface area contributed by atoms with Gasteiger partial charge in [0.25, 0.3) is 0 Å². The van der Waals surface area contributed by atoms with E-state index in [0.29, 0.717) is 6.54 Å². The number of anilines is 1. The van der Waals surface area contributed by atoms with Gasteiger partial charge >= 0.3 is 6.03 Å². The number of aromatic nitrogens is 2. The predicted octanol–water partition coefficient (Wildman–Crippen LogP) is 2.03.